The van der Waals surface area contributed by atoms with E-state index in [4.69, 9.17) is 0 Å². The summed E-state index contributed by atoms with van der Waals surface area (Å²) in [5.74, 6) is 1.08. The van der Waals surface area contributed by atoms with Crippen LogP contribution in [-0.4, -0.2) is 8.96 Å². The van der Waals surface area contributed by atoms with E-state index in [1.807, 2.05) is 6.20 Å². The Morgan fingerprint density at radius 3 is 2.83 bits per heavy atom. The second-order valence-electron chi connectivity index (χ2n) is 3.00. The molecule has 0 aliphatic rings. The molecule has 0 aliphatic heterocycles. The summed E-state index contributed by atoms with van der Waals surface area (Å²) in [6.07, 6.45) is 9.86. The van der Waals surface area contributed by atoms with Gasteiger partial charge in [0.15, 0.2) is 0 Å². The van der Waals surface area contributed by atoms with Crippen molar-refractivity contribution in [3.63, 3.8) is 0 Å². The normalized spacial score (nSPS) is 10.5. The number of hydrogen-bond acceptors (Lipinski definition) is 2. The van der Waals surface area contributed by atoms with E-state index in [-0.39, 0.29) is 0 Å². The molecule has 0 spiro atoms. The Hall–Kier alpha value is -0.440. The van der Waals surface area contributed by atoms with Crippen LogP contribution in [0.15, 0.2) is 12.4 Å². The molecule has 0 aliphatic carbocycles. The lowest BCUT2D eigenvalue weighted by Gasteiger charge is -1.99. The van der Waals surface area contributed by atoms with E-state index < -0.39 is 0 Å². The standard InChI is InChI=1S/C9H16N2S/c1-2-3-4-5-6-9-10-7-8-11(9)12/h7-8,12H,2-6H2,1H3. The number of unbranched alkanes of at least 4 members (excludes halogenated alkanes) is 3. The van der Waals surface area contributed by atoms with Crippen molar-refractivity contribution in [2.75, 3.05) is 0 Å². The van der Waals surface area contributed by atoms with Crippen molar-refractivity contribution < 1.29 is 0 Å². The van der Waals surface area contributed by atoms with Crippen molar-refractivity contribution in [2.45, 2.75) is 39.0 Å². The molecule has 68 valence electrons. The maximum absolute atomic E-state index is 4.23. The molecule has 0 radical (unpaired) electrons. The molecule has 0 atom stereocenters. The second-order valence-corrected chi connectivity index (χ2v) is 3.43. The average molecular weight is 184 g/mol. The fourth-order valence-corrected chi connectivity index (χ4v) is 1.43. The molecule has 0 bridgehead atoms. The summed E-state index contributed by atoms with van der Waals surface area (Å²) in [6, 6.07) is 0. The lowest BCUT2D eigenvalue weighted by molar-refractivity contribution is 0.653. The first-order chi connectivity index (χ1) is 5.84. The largest absolute Gasteiger partial charge is 0.280 e. The zero-order valence-electron chi connectivity index (χ0n) is 7.53. The quantitative estimate of drug-likeness (QED) is 0.550. The van der Waals surface area contributed by atoms with Crippen LogP contribution in [0.3, 0.4) is 0 Å². The van der Waals surface area contributed by atoms with Gasteiger partial charge in [0.1, 0.15) is 5.82 Å². The molecule has 12 heavy (non-hydrogen) atoms. The first kappa shape index (κ1) is 9.65. The van der Waals surface area contributed by atoms with Gasteiger partial charge in [-0.1, -0.05) is 39.0 Å². The number of aryl methyl sites for hydroxylation is 1. The number of hydrogen-bond donors (Lipinski definition) is 1. The fourth-order valence-electron chi connectivity index (χ4n) is 1.22. The maximum atomic E-state index is 4.23. The van der Waals surface area contributed by atoms with Gasteiger partial charge in [-0.15, -0.1) is 0 Å². The summed E-state index contributed by atoms with van der Waals surface area (Å²) >= 11 is 4.23. The Morgan fingerprint density at radius 2 is 2.25 bits per heavy atom. The predicted molar refractivity (Wildman–Crippen MR) is 54.5 cm³/mol. The van der Waals surface area contributed by atoms with Gasteiger partial charge in [-0.2, -0.15) is 0 Å². The monoisotopic (exact) mass is 184 g/mol. The van der Waals surface area contributed by atoms with Crippen molar-refractivity contribution in [2.24, 2.45) is 0 Å². The molecule has 3 heteroatoms. The molecule has 1 aromatic heterocycles. The van der Waals surface area contributed by atoms with E-state index in [9.17, 15) is 0 Å². The van der Waals surface area contributed by atoms with Crippen LogP contribution in [-0.2, 0) is 6.42 Å². The van der Waals surface area contributed by atoms with Crippen LogP contribution in [0.25, 0.3) is 0 Å². The van der Waals surface area contributed by atoms with Gasteiger partial charge in [0, 0.05) is 18.8 Å². The molecule has 0 N–H and O–H groups in total. The summed E-state index contributed by atoms with van der Waals surface area (Å²) in [5, 5.41) is 0. The van der Waals surface area contributed by atoms with Crippen LogP contribution >= 0.6 is 12.8 Å². The van der Waals surface area contributed by atoms with Crippen molar-refractivity contribution >= 4 is 12.8 Å². The molecule has 0 saturated heterocycles. The van der Waals surface area contributed by atoms with Gasteiger partial charge in [-0.3, -0.25) is 3.97 Å². The summed E-state index contributed by atoms with van der Waals surface area (Å²) in [6.45, 7) is 2.22. The van der Waals surface area contributed by atoms with Crippen LogP contribution in [0.1, 0.15) is 38.4 Å². The Kier molecular flexibility index (Phi) is 4.22. The van der Waals surface area contributed by atoms with Crippen LogP contribution < -0.4 is 0 Å². The summed E-state index contributed by atoms with van der Waals surface area (Å²) in [5.41, 5.74) is 0. The van der Waals surface area contributed by atoms with Gasteiger partial charge >= 0.3 is 0 Å². The first-order valence-corrected chi connectivity index (χ1v) is 4.96. The number of aromatic nitrogens is 2. The number of rotatable bonds is 5. The topological polar surface area (TPSA) is 17.8 Å². The Bertz CT molecular complexity index is 220. The molecule has 1 heterocycles. The third kappa shape index (κ3) is 2.89. The van der Waals surface area contributed by atoms with Crippen LogP contribution in [0.5, 0.6) is 0 Å². The van der Waals surface area contributed by atoms with E-state index in [2.05, 4.69) is 24.7 Å². The summed E-state index contributed by atoms with van der Waals surface area (Å²) < 4.78 is 1.80. The molecule has 0 saturated carbocycles. The molecule has 1 aromatic rings. The lowest BCUT2D eigenvalue weighted by atomic mass is 10.1. The molecule has 0 amide bonds. The second kappa shape index (κ2) is 5.25. The SMILES string of the molecule is CCCCCCc1nccn1S. The zero-order chi connectivity index (χ0) is 8.81. The fraction of sp³-hybridized carbons (Fsp3) is 0.667. The molecule has 0 fully saturated rings. The van der Waals surface area contributed by atoms with Crippen LogP contribution in [0, 0.1) is 0 Å². The minimum atomic E-state index is 1.05. The molecule has 2 nitrogen and oxygen atoms in total. The van der Waals surface area contributed by atoms with Crippen molar-refractivity contribution in [3.8, 4) is 0 Å². The minimum absolute atomic E-state index is 1.05. The predicted octanol–water partition coefficient (Wildman–Crippen LogP) is 2.70. The minimum Gasteiger partial charge on any atom is -0.280 e. The Labute approximate surface area is 79.6 Å². The molecule has 1 rings (SSSR count). The summed E-state index contributed by atoms with van der Waals surface area (Å²) in [4.78, 5) is 4.20. The van der Waals surface area contributed by atoms with E-state index in [1.165, 1.54) is 25.7 Å². The van der Waals surface area contributed by atoms with Crippen molar-refractivity contribution in [1.29, 1.82) is 0 Å². The van der Waals surface area contributed by atoms with Crippen LogP contribution in [0.2, 0.25) is 0 Å². The van der Waals surface area contributed by atoms with Gasteiger partial charge < -0.3 is 0 Å². The maximum Gasteiger partial charge on any atom is 0.118 e. The highest BCUT2D eigenvalue weighted by molar-refractivity contribution is 7.78. The smallest absolute Gasteiger partial charge is 0.118 e. The highest BCUT2D eigenvalue weighted by Gasteiger charge is 1.98. The molecule has 0 unspecified atom stereocenters. The molecule has 0 aromatic carbocycles. The highest BCUT2D eigenvalue weighted by Crippen LogP contribution is 2.06. The van der Waals surface area contributed by atoms with Gasteiger partial charge in [0.05, 0.1) is 0 Å². The van der Waals surface area contributed by atoms with E-state index >= 15 is 0 Å². The summed E-state index contributed by atoms with van der Waals surface area (Å²) in [7, 11) is 0. The third-order valence-corrected chi connectivity index (χ3v) is 2.31. The molecular weight excluding hydrogens is 168 g/mol. The third-order valence-electron chi connectivity index (χ3n) is 1.95. The van der Waals surface area contributed by atoms with Crippen molar-refractivity contribution in [1.82, 2.24) is 8.96 Å². The first-order valence-electron chi connectivity index (χ1n) is 4.56. The number of thiol groups is 1. The van der Waals surface area contributed by atoms with Gasteiger partial charge in [0.2, 0.25) is 0 Å². The van der Waals surface area contributed by atoms with E-state index in [1.54, 1.807) is 10.2 Å². The van der Waals surface area contributed by atoms with Gasteiger partial charge in [-0.25, -0.2) is 4.98 Å². The Balaban J connectivity index is 2.20. The molecular formula is C9H16N2S. The zero-order valence-corrected chi connectivity index (χ0v) is 8.43. The van der Waals surface area contributed by atoms with Crippen LogP contribution in [0.4, 0.5) is 0 Å². The van der Waals surface area contributed by atoms with Gasteiger partial charge in [-0.05, 0) is 6.42 Å². The lowest BCUT2D eigenvalue weighted by Crippen LogP contribution is -1.92. The van der Waals surface area contributed by atoms with E-state index in [0.717, 1.165) is 12.2 Å². The number of imidazole rings is 1. The van der Waals surface area contributed by atoms with E-state index in [0.29, 0.717) is 0 Å². The number of nitrogens with zero attached hydrogens (tertiary/aromatic N) is 2. The van der Waals surface area contributed by atoms with Crippen molar-refractivity contribution in [3.05, 3.63) is 18.2 Å². The van der Waals surface area contributed by atoms with Gasteiger partial charge in [0.25, 0.3) is 0 Å². The Morgan fingerprint density at radius 1 is 1.42 bits per heavy atom. The average Bonchev–Trinajstić information content (AvgIpc) is 2.46. The highest BCUT2D eigenvalue weighted by atomic mass is 32.1.